The third-order valence-corrected chi connectivity index (χ3v) is 3.04. The molecular weight excluding hydrogens is 202 g/mol. The van der Waals surface area contributed by atoms with Crippen LogP contribution in [0.1, 0.15) is 18.4 Å². The summed E-state index contributed by atoms with van der Waals surface area (Å²) in [4.78, 5) is 2.41. The first-order valence-electron chi connectivity index (χ1n) is 5.90. The molecule has 0 spiro atoms. The van der Waals surface area contributed by atoms with Gasteiger partial charge in [0.25, 0.3) is 0 Å². The Kier molecular flexibility index (Phi) is 3.67. The third kappa shape index (κ3) is 2.89. The average Bonchev–Trinajstić information content (AvgIpc) is 2.76. The second kappa shape index (κ2) is 5.21. The number of phenolic OH excluding ortho intramolecular Hbond substituents is 1. The van der Waals surface area contributed by atoms with Crippen molar-refractivity contribution in [3.05, 3.63) is 23.8 Å². The van der Waals surface area contributed by atoms with Gasteiger partial charge in [-0.1, -0.05) is 6.07 Å². The fraction of sp³-hybridized carbons (Fsp3) is 0.538. The van der Waals surface area contributed by atoms with Crippen molar-refractivity contribution in [3.63, 3.8) is 0 Å². The molecule has 0 aromatic heterocycles. The highest BCUT2D eigenvalue weighted by Crippen LogP contribution is 2.23. The van der Waals surface area contributed by atoms with Gasteiger partial charge in [-0.3, -0.25) is 4.90 Å². The first-order valence-corrected chi connectivity index (χ1v) is 5.90. The van der Waals surface area contributed by atoms with Crippen molar-refractivity contribution >= 4 is 0 Å². The zero-order valence-corrected chi connectivity index (χ0v) is 9.78. The summed E-state index contributed by atoms with van der Waals surface area (Å²) >= 11 is 0. The van der Waals surface area contributed by atoms with Gasteiger partial charge in [-0.05, 0) is 44.5 Å². The third-order valence-electron chi connectivity index (χ3n) is 3.04. The number of aromatic hydroxyl groups is 1. The van der Waals surface area contributed by atoms with E-state index in [1.807, 2.05) is 13.0 Å². The van der Waals surface area contributed by atoms with E-state index in [4.69, 9.17) is 4.74 Å². The van der Waals surface area contributed by atoms with E-state index in [1.165, 1.54) is 25.9 Å². The summed E-state index contributed by atoms with van der Waals surface area (Å²) in [6.45, 7) is 6.06. The van der Waals surface area contributed by atoms with Crippen LogP contribution in [0.25, 0.3) is 0 Å². The van der Waals surface area contributed by atoms with Gasteiger partial charge in [0.1, 0.15) is 18.1 Å². The van der Waals surface area contributed by atoms with Crippen molar-refractivity contribution < 1.29 is 9.84 Å². The normalized spacial score (nSPS) is 16.6. The van der Waals surface area contributed by atoms with E-state index in [9.17, 15) is 5.11 Å². The lowest BCUT2D eigenvalue weighted by Crippen LogP contribution is -2.25. The van der Waals surface area contributed by atoms with Gasteiger partial charge in [0, 0.05) is 12.6 Å². The molecular formula is C13H19NO2. The van der Waals surface area contributed by atoms with Crippen LogP contribution < -0.4 is 4.74 Å². The van der Waals surface area contributed by atoms with Crippen LogP contribution in [-0.4, -0.2) is 36.2 Å². The second-order valence-corrected chi connectivity index (χ2v) is 4.35. The molecule has 3 heteroatoms. The van der Waals surface area contributed by atoms with Gasteiger partial charge in [0.05, 0.1) is 0 Å². The minimum atomic E-state index is 0.266. The van der Waals surface area contributed by atoms with E-state index in [0.717, 1.165) is 17.9 Å². The number of hydrogen-bond acceptors (Lipinski definition) is 3. The molecule has 1 aliphatic heterocycles. The number of phenols is 1. The summed E-state index contributed by atoms with van der Waals surface area (Å²) in [5, 5.41) is 9.36. The van der Waals surface area contributed by atoms with Gasteiger partial charge < -0.3 is 9.84 Å². The van der Waals surface area contributed by atoms with Crippen molar-refractivity contribution in [1.29, 1.82) is 0 Å². The Morgan fingerprint density at radius 3 is 2.81 bits per heavy atom. The molecule has 0 atom stereocenters. The summed E-state index contributed by atoms with van der Waals surface area (Å²) in [6.07, 6.45) is 2.62. The molecule has 16 heavy (non-hydrogen) atoms. The first-order chi connectivity index (χ1) is 7.75. The van der Waals surface area contributed by atoms with Gasteiger partial charge in [-0.25, -0.2) is 0 Å². The molecule has 1 fully saturated rings. The molecule has 0 unspecified atom stereocenters. The van der Waals surface area contributed by atoms with Crippen LogP contribution in [0.2, 0.25) is 0 Å². The summed E-state index contributed by atoms with van der Waals surface area (Å²) in [6, 6.07) is 5.24. The summed E-state index contributed by atoms with van der Waals surface area (Å²) in [5.41, 5.74) is 1.07. The SMILES string of the molecule is Cc1ccc(O)cc1OCCN1CCCC1. The monoisotopic (exact) mass is 221 g/mol. The summed E-state index contributed by atoms with van der Waals surface area (Å²) in [5.74, 6) is 1.06. The predicted octanol–water partition coefficient (Wildman–Crippen LogP) is 2.18. The smallest absolute Gasteiger partial charge is 0.125 e. The van der Waals surface area contributed by atoms with Gasteiger partial charge in [-0.2, -0.15) is 0 Å². The Balaban J connectivity index is 1.82. The van der Waals surface area contributed by atoms with Crippen molar-refractivity contribution in [2.75, 3.05) is 26.2 Å². The Bertz CT molecular complexity index is 346. The minimum absolute atomic E-state index is 0.266. The molecule has 1 aromatic carbocycles. The van der Waals surface area contributed by atoms with Gasteiger partial charge in [-0.15, -0.1) is 0 Å². The molecule has 1 N–H and O–H groups in total. The molecule has 1 heterocycles. The van der Waals surface area contributed by atoms with Crippen LogP contribution in [0.3, 0.4) is 0 Å². The largest absolute Gasteiger partial charge is 0.508 e. The van der Waals surface area contributed by atoms with E-state index in [1.54, 1.807) is 12.1 Å². The van der Waals surface area contributed by atoms with Crippen LogP contribution in [0.5, 0.6) is 11.5 Å². The molecule has 1 aromatic rings. The number of rotatable bonds is 4. The van der Waals surface area contributed by atoms with E-state index >= 15 is 0 Å². The quantitative estimate of drug-likeness (QED) is 0.845. The maximum Gasteiger partial charge on any atom is 0.125 e. The summed E-state index contributed by atoms with van der Waals surface area (Å²) in [7, 11) is 0. The zero-order valence-electron chi connectivity index (χ0n) is 9.78. The predicted molar refractivity (Wildman–Crippen MR) is 64.0 cm³/mol. The van der Waals surface area contributed by atoms with Crippen LogP contribution >= 0.6 is 0 Å². The molecule has 0 saturated carbocycles. The first kappa shape index (κ1) is 11.3. The Hall–Kier alpha value is -1.22. The molecule has 3 nitrogen and oxygen atoms in total. The van der Waals surface area contributed by atoms with Crippen LogP contribution in [0, 0.1) is 6.92 Å². The Labute approximate surface area is 96.6 Å². The Morgan fingerprint density at radius 2 is 2.06 bits per heavy atom. The minimum Gasteiger partial charge on any atom is -0.508 e. The van der Waals surface area contributed by atoms with Crippen LogP contribution in [0.15, 0.2) is 18.2 Å². The van der Waals surface area contributed by atoms with Crippen molar-refractivity contribution in [1.82, 2.24) is 4.90 Å². The average molecular weight is 221 g/mol. The van der Waals surface area contributed by atoms with E-state index in [2.05, 4.69) is 4.90 Å². The van der Waals surface area contributed by atoms with E-state index in [0.29, 0.717) is 6.61 Å². The number of benzene rings is 1. The lowest BCUT2D eigenvalue weighted by atomic mass is 10.2. The van der Waals surface area contributed by atoms with Crippen LogP contribution in [0.4, 0.5) is 0 Å². The highest BCUT2D eigenvalue weighted by molar-refractivity contribution is 5.38. The summed E-state index contributed by atoms with van der Waals surface area (Å²) < 4.78 is 5.68. The van der Waals surface area contributed by atoms with E-state index < -0.39 is 0 Å². The molecule has 1 saturated heterocycles. The molecule has 1 aliphatic rings. The highest BCUT2D eigenvalue weighted by Gasteiger charge is 2.11. The number of likely N-dealkylation sites (tertiary alicyclic amines) is 1. The number of nitrogens with zero attached hydrogens (tertiary/aromatic N) is 1. The number of ether oxygens (including phenoxy) is 1. The number of hydrogen-bond donors (Lipinski definition) is 1. The van der Waals surface area contributed by atoms with Crippen LogP contribution in [-0.2, 0) is 0 Å². The van der Waals surface area contributed by atoms with Crippen molar-refractivity contribution in [2.24, 2.45) is 0 Å². The Morgan fingerprint density at radius 1 is 1.31 bits per heavy atom. The lowest BCUT2D eigenvalue weighted by Gasteiger charge is -2.15. The van der Waals surface area contributed by atoms with Crippen molar-refractivity contribution in [3.8, 4) is 11.5 Å². The molecule has 0 amide bonds. The fourth-order valence-corrected chi connectivity index (χ4v) is 2.04. The maximum absolute atomic E-state index is 9.36. The van der Waals surface area contributed by atoms with Gasteiger partial charge in [0.2, 0.25) is 0 Å². The van der Waals surface area contributed by atoms with Gasteiger partial charge in [0.15, 0.2) is 0 Å². The topological polar surface area (TPSA) is 32.7 Å². The number of aryl methyl sites for hydroxylation is 1. The van der Waals surface area contributed by atoms with E-state index in [-0.39, 0.29) is 5.75 Å². The highest BCUT2D eigenvalue weighted by atomic mass is 16.5. The molecule has 0 bridgehead atoms. The van der Waals surface area contributed by atoms with Crippen molar-refractivity contribution in [2.45, 2.75) is 19.8 Å². The molecule has 0 radical (unpaired) electrons. The zero-order chi connectivity index (χ0) is 11.4. The second-order valence-electron chi connectivity index (χ2n) is 4.35. The standard InChI is InChI=1S/C13H19NO2/c1-11-4-5-12(15)10-13(11)16-9-8-14-6-2-3-7-14/h4-5,10,15H,2-3,6-9H2,1H3. The fourth-order valence-electron chi connectivity index (χ4n) is 2.04. The molecule has 0 aliphatic carbocycles. The molecule has 88 valence electrons. The van der Waals surface area contributed by atoms with Gasteiger partial charge >= 0.3 is 0 Å². The molecule has 2 rings (SSSR count). The lowest BCUT2D eigenvalue weighted by molar-refractivity contribution is 0.236. The maximum atomic E-state index is 9.36.